The van der Waals surface area contributed by atoms with E-state index in [9.17, 15) is 5.11 Å². The Morgan fingerprint density at radius 1 is 1.00 bits per heavy atom. The van der Waals surface area contributed by atoms with Crippen molar-refractivity contribution in [2.24, 2.45) is 0 Å². The largest absolute Gasteiger partial charge is 0.508 e. The lowest BCUT2D eigenvalue weighted by atomic mass is 10.2. The van der Waals surface area contributed by atoms with Crippen molar-refractivity contribution in [3.05, 3.63) is 54.1 Å². The topological polar surface area (TPSA) is 55.7 Å². The lowest BCUT2D eigenvalue weighted by Crippen LogP contribution is -2.30. The van der Waals surface area contributed by atoms with Crippen LogP contribution in [0.1, 0.15) is 5.56 Å². The molecule has 0 atom stereocenters. The Balaban J connectivity index is 2.19. The van der Waals surface area contributed by atoms with E-state index in [1.807, 2.05) is 12.1 Å². The molecule has 0 aliphatic heterocycles. The Labute approximate surface area is 125 Å². The molecule has 0 fully saturated rings. The first-order valence-corrected chi connectivity index (χ1v) is 7.15. The molecular weight excluding hydrogens is 264 g/mol. The number of hydrogen-bond acceptors (Lipinski definition) is 4. The van der Waals surface area contributed by atoms with Gasteiger partial charge in [0.05, 0.1) is 6.61 Å². The number of aryl methyl sites for hydroxylation is 1. The maximum atomic E-state index is 9.69. The van der Waals surface area contributed by atoms with Crippen LogP contribution in [0.3, 0.4) is 0 Å². The number of nitrogens with one attached hydrogen (secondary N) is 1. The van der Waals surface area contributed by atoms with Gasteiger partial charge in [-0.3, -0.25) is 0 Å². The van der Waals surface area contributed by atoms with Crippen molar-refractivity contribution in [3.63, 3.8) is 0 Å². The van der Waals surface area contributed by atoms with Gasteiger partial charge in [-0.15, -0.1) is 0 Å². The molecule has 112 valence electrons. The highest BCUT2D eigenvalue weighted by Crippen LogP contribution is 2.27. The summed E-state index contributed by atoms with van der Waals surface area (Å²) < 4.78 is 0. The van der Waals surface area contributed by atoms with E-state index in [-0.39, 0.29) is 12.4 Å². The highest BCUT2D eigenvalue weighted by molar-refractivity contribution is 5.64. The summed E-state index contributed by atoms with van der Waals surface area (Å²) in [5, 5.41) is 21.7. The van der Waals surface area contributed by atoms with E-state index in [1.54, 1.807) is 12.1 Å². The number of aliphatic hydroxyl groups excluding tert-OH is 1. The zero-order chi connectivity index (χ0) is 15.1. The molecule has 0 heterocycles. The summed E-state index contributed by atoms with van der Waals surface area (Å²) >= 11 is 0. The van der Waals surface area contributed by atoms with E-state index >= 15 is 0 Å². The van der Waals surface area contributed by atoms with Gasteiger partial charge in [0.15, 0.2) is 0 Å². The Morgan fingerprint density at radius 3 is 2.43 bits per heavy atom. The molecule has 4 nitrogen and oxygen atoms in total. The predicted molar refractivity (Wildman–Crippen MR) is 86.2 cm³/mol. The van der Waals surface area contributed by atoms with Crippen molar-refractivity contribution in [2.75, 3.05) is 31.1 Å². The molecular formula is C17H22N2O2. The first-order chi connectivity index (χ1) is 10.2. The fourth-order valence-electron chi connectivity index (χ4n) is 2.19. The van der Waals surface area contributed by atoms with Crippen LogP contribution in [0.25, 0.3) is 0 Å². The number of phenolic OH excluding ortho intramolecular Hbond substituents is 1. The van der Waals surface area contributed by atoms with Crippen LogP contribution in [-0.4, -0.2) is 36.5 Å². The Kier molecular flexibility index (Phi) is 5.60. The molecule has 0 saturated carbocycles. The average molecular weight is 286 g/mol. The first kappa shape index (κ1) is 15.4. The molecule has 2 rings (SSSR count). The number of aromatic hydroxyl groups is 1. The van der Waals surface area contributed by atoms with Gasteiger partial charge in [-0.2, -0.15) is 0 Å². The van der Waals surface area contributed by atoms with E-state index in [4.69, 9.17) is 5.11 Å². The summed E-state index contributed by atoms with van der Waals surface area (Å²) in [5.41, 5.74) is 3.25. The van der Waals surface area contributed by atoms with E-state index in [0.29, 0.717) is 6.54 Å². The number of rotatable bonds is 7. The zero-order valence-corrected chi connectivity index (χ0v) is 12.3. The van der Waals surface area contributed by atoms with E-state index in [0.717, 1.165) is 24.5 Å². The Bertz CT molecular complexity index is 555. The van der Waals surface area contributed by atoms with Crippen LogP contribution in [-0.2, 0) is 0 Å². The molecule has 4 heteroatoms. The molecule has 0 aliphatic rings. The highest BCUT2D eigenvalue weighted by Gasteiger charge is 2.09. The maximum Gasteiger partial charge on any atom is 0.117 e. The molecule has 2 aromatic rings. The number of phenols is 1. The highest BCUT2D eigenvalue weighted by atomic mass is 16.3. The third-order valence-electron chi connectivity index (χ3n) is 3.29. The van der Waals surface area contributed by atoms with Gasteiger partial charge < -0.3 is 20.4 Å². The van der Waals surface area contributed by atoms with Gasteiger partial charge in [-0.05, 0) is 31.2 Å². The fraction of sp³-hybridized carbons (Fsp3) is 0.294. The van der Waals surface area contributed by atoms with Crippen LogP contribution in [0.2, 0.25) is 0 Å². The number of aliphatic hydroxyl groups is 1. The summed E-state index contributed by atoms with van der Waals surface area (Å²) in [6, 6.07) is 15.5. The second-order valence-corrected chi connectivity index (χ2v) is 4.98. The van der Waals surface area contributed by atoms with Crippen LogP contribution in [0.15, 0.2) is 48.5 Å². The minimum atomic E-state index is 0.136. The second kappa shape index (κ2) is 7.67. The number of benzene rings is 2. The molecule has 0 aliphatic carbocycles. The van der Waals surface area contributed by atoms with Crippen molar-refractivity contribution < 1.29 is 10.2 Å². The van der Waals surface area contributed by atoms with Gasteiger partial charge in [0.25, 0.3) is 0 Å². The smallest absolute Gasteiger partial charge is 0.117 e. The minimum Gasteiger partial charge on any atom is -0.508 e. The summed E-state index contributed by atoms with van der Waals surface area (Å²) in [7, 11) is 0. The number of hydrogen-bond donors (Lipinski definition) is 3. The molecule has 0 radical (unpaired) electrons. The average Bonchev–Trinajstić information content (AvgIpc) is 2.49. The number of nitrogens with zero attached hydrogens (tertiary/aromatic N) is 1. The third kappa shape index (κ3) is 4.48. The monoisotopic (exact) mass is 286 g/mol. The SMILES string of the molecule is Cc1ccc(N(CCNCCO)c2cccc(O)c2)cc1. The lowest BCUT2D eigenvalue weighted by molar-refractivity contribution is 0.293. The molecule has 0 aromatic heterocycles. The number of anilines is 2. The van der Waals surface area contributed by atoms with Gasteiger partial charge in [0.2, 0.25) is 0 Å². The summed E-state index contributed by atoms with van der Waals surface area (Å²) in [6.45, 7) is 4.29. The van der Waals surface area contributed by atoms with E-state index in [2.05, 4.69) is 41.4 Å². The van der Waals surface area contributed by atoms with Crippen LogP contribution < -0.4 is 10.2 Å². The van der Waals surface area contributed by atoms with E-state index in [1.165, 1.54) is 5.56 Å². The van der Waals surface area contributed by atoms with Crippen LogP contribution in [0, 0.1) is 6.92 Å². The zero-order valence-electron chi connectivity index (χ0n) is 12.3. The van der Waals surface area contributed by atoms with Crippen molar-refractivity contribution >= 4 is 11.4 Å². The summed E-state index contributed by atoms with van der Waals surface area (Å²) in [4.78, 5) is 2.14. The lowest BCUT2D eigenvalue weighted by Gasteiger charge is -2.25. The quantitative estimate of drug-likeness (QED) is 0.684. The normalized spacial score (nSPS) is 10.6. The summed E-state index contributed by atoms with van der Waals surface area (Å²) in [6.07, 6.45) is 0. The second-order valence-electron chi connectivity index (χ2n) is 4.98. The Hall–Kier alpha value is -2.04. The van der Waals surface area contributed by atoms with Crippen molar-refractivity contribution in [1.29, 1.82) is 0 Å². The molecule has 0 spiro atoms. The molecule has 21 heavy (non-hydrogen) atoms. The summed E-state index contributed by atoms with van der Waals surface area (Å²) in [5.74, 6) is 0.257. The first-order valence-electron chi connectivity index (χ1n) is 7.15. The molecule has 0 amide bonds. The van der Waals surface area contributed by atoms with Crippen LogP contribution in [0.4, 0.5) is 11.4 Å². The third-order valence-corrected chi connectivity index (χ3v) is 3.29. The van der Waals surface area contributed by atoms with Crippen LogP contribution in [0.5, 0.6) is 5.75 Å². The standard InChI is InChI=1S/C17H22N2O2/c1-14-5-7-15(8-6-14)19(11-9-18-10-12-20)16-3-2-4-17(21)13-16/h2-8,13,18,20-21H,9-12H2,1H3. The van der Waals surface area contributed by atoms with Crippen molar-refractivity contribution in [1.82, 2.24) is 5.32 Å². The van der Waals surface area contributed by atoms with Gasteiger partial charge in [-0.25, -0.2) is 0 Å². The van der Waals surface area contributed by atoms with Gasteiger partial charge in [0.1, 0.15) is 5.75 Å². The molecule has 2 aromatic carbocycles. The molecule has 3 N–H and O–H groups in total. The molecule has 0 bridgehead atoms. The maximum absolute atomic E-state index is 9.69. The van der Waals surface area contributed by atoms with Crippen LogP contribution >= 0.6 is 0 Å². The predicted octanol–water partition coefficient (Wildman–Crippen LogP) is 2.42. The molecule has 0 unspecified atom stereocenters. The van der Waals surface area contributed by atoms with Gasteiger partial charge in [-0.1, -0.05) is 23.8 Å². The van der Waals surface area contributed by atoms with E-state index < -0.39 is 0 Å². The van der Waals surface area contributed by atoms with Crippen molar-refractivity contribution in [3.8, 4) is 5.75 Å². The molecule has 0 saturated heterocycles. The van der Waals surface area contributed by atoms with Gasteiger partial charge in [0, 0.05) is 37.1 Å². The Morgan fingerprint density at radius 2 is 1.76 bits per heavy atom. The fourth-order valence-corrected chi connectivity index (χ4v) is 2.19. The minimum absolute atomic E-state index is 0.136. The van der Waals surface area contributed by atoms with Crippen molar-refractivity contribution in [2.45, 2.75) is 6.92 Å². The van der Waals surface area contributed by atoms with Gasteiger partial charge >= 0.3 is 0 Å².